The molecule has 1 aromatic carbocycles. The van der Waals surface area contributed by atoms with E-state index < -0.39 is 0 Å². The Morgan fingerprint density at radius 1 is 1.40 bits per heavy atom. The van der Waals surface area contributed by atoms with Gasteiger partial charge in [0.25, 0.3) is 0 Å². The Bertz CT molecular complexity index is 562. The lowest BCUT2D eigenvalue weighted by molar-refractivity contribution is 0.605. The van der Waals surface area contributed by atoms with Gasteiger partial charge in [0.1, 0.15) is 5.82 Å². The van der Waals surface area contributed by atoms with Gasteiger partial charge >= 0.3 is 0 Å². The van der Waals surface area contributed by atoms with Crippen LogP contribution in [-0.2, 0) is 0 Å². The minimum Gasteiger partial charge on any atom is -0.398 e. The molecule has 106 valence electrons. The van der Waals surface area contributed by atoms with Gasteiger partial charge in [-0.2, -0.15) is 0 Å². The molecule has 1 heterocycles. The molecule has 0 amide bonds. The number of halogens is 1. The van der Waals surface area contributed by atoms with E-state index in [1.54, 1.807) is 42.4 Å². The molecule has 0 aliphatic carbocycles. The molecule has 0 saturated carbocycles. The second-order valence-corrected chi connectivity index (χ2v) is 5.48. The smallest absolute Gasteiger partial charge is 0.124 e. The number of pyridine rings is 1. The first kappa shape index (κ1) is 14.8. The summed E-state index contributed by atoms with van der Waals surface area (Å²) in [6.07, 6.45) is 3.47. The molecule has 5 heteroatoms. The fourth-order valence-electron chi connectivity index (χ4n) is 1.95. The van der Waals surface area contributed by atoms with E-state index in [0.717, 1.165) is 28.4 Å². The van der Waals surface area contributed by atoms with Crippen LogP contribution in [0.15, 0.2) is 47.6 Å². The molecule has 0 fully saturated rings. The van der Waals surface area contributed by atoms with Gasteiger partial charge < -0.3 is 11.1 Å². The zero-order chi connectivity index (χ0) is 14.4. The summed E-state index contributed by atoms with van der Waals surface area (Å²) in [7, 11) is 0. The van der Waals surface area contributed by atoms with Crippen molar-refractivity contribution in [2.75, 3.05) is 18.0 Å². The fourth-order valence-corrected chi connectivity index (χ4v) is 2.98. The van der Waals surface area contributed by atoms with Gasteiger partial charge in [0.2, 0.25) is 0 Å². The van der Waals surface area contributed by atoms with Crippen molar-refractivity contribution in [3.63, 3.8) is 0 Å². The summed E-state index contributed by atoms with van der Waals surface area (Å²) in [4.78, 5) is 5.04. The van der Waals surface area contributed by atoms with Gasteiger partial charge in [-0.1, -0.05) is 13.0 Å². The molecule has 0 aliphatic heterocycles. The maximum Gasteiger partial charge on any atom is 0.124 e. The molecule has 0 spiro atoms. The molecule has 1 atom stereocenters. The normalized spacial score (nSPS) is 12.3. The van der Waals surface area contributed by atoms with Crippen molar-refractivity contribution in [2.45, 2.75) is 17.9 Å². The highest BCUT2D eigenvalue weighted by molar-refractivity contribution is 7.99. The second kappa shape index (κ2) is 7.26. The average molecular weight is 291 g/mol. The summed E-state index contributed by atoms with van der Waals surface area (Å²) < 4.78 is 13.2. The Kier molecular flexibility index (Phi) is 5.38. The number of anilines is 1. The SMILES string of the molecule is CCNC(CSc1cccc(F)c1)c1cnccc1N. The third-order valence-electron chi connectivity index (χ3n) is 2.93. The molecular weight excluding hydrogens is 273 g/mol. The van der Waals surface area contributed by atoms with E-state index in [1.807, 2.05) is 13.0 Å². The maximum atomic E-state index is 13.2. The van der Waals surface area contributed by atoms with Crippen LogP contribution in [0.25, 0.3) is 0 Å². The van der Waals surface area contributed by atoms with Crippen LogP contribution in [0.1, 0.15) is 18.5 Å². The minimum atomic E-state index is -0.212. The summed E-state index contributed by atoms with van der Waals surface area (Å²) in [5, 5.41) is 3.39. The maximum absolute atomic E-state index is 13.2. The highest BCUT2D eigenvalue weighted by atomic mass is 32.2. The van der Waals surface area contributed by atoms with Crippen molar-refractivity contribution < 1.29 is 4.39 Å². The molecule has 0 radical (unpaired) electrons. The highest BCUT2D eigenvalue weighted by Crippen LogP contribution is 2.27. The van der Waals surface area contributed by atoms with E-state index in [9.17, 15) is 4.39 Å². The van der Waals surface area contributed by atoms with Crippen molar-refractivity contribution in [2.24, 2.45) is 0 Å². The first-order chi connectivity index (χ1) is 9.70. The number of nitrogens with one attached hydrogen (secondary N) is 1. The number of nitrogen functional groups attached to an aromatic ring is 1. The van der Waals surface area contributed by atoms with Crippen LogP contribution in [0.4, 0.5) is 10.1 Å². The molecule has 0 aliphatic rings. The Balaban J connectivity index is 2.08. The molecule has 1 unspecified atom stereocenters. The largest absolute Gasteiger partial charge is 0.398 e. The lowest BCUT2D eigenvalue weighted by atomic mass is 10.1. The fraction of sp³-hybridized carbons (Fsp3) is 0.267. The number of hydrogen-bond acceptors (Lipinski definition) is 4. The van der Waals surface area contributed by atoms with Crippen LogP contribution < -0.4 is 11.1 Å². The summed E-state index contributed by atoms with van der Waals surface area (Å²) in [6.45, 7) is 2.88. The molecule has 3 nitrogen and oxygen atoms in total. The molecule has 0 bridgehead atoms. The van der Waals surface area contributed by atoms with Crippen LogP contribution in [0.5, 0.6) is 0 Å². The highest BCUT2D eigenvalue weighted by Gasteiger charge is 2.14. The van der Waals surface area contributed by atoms with Crippen molar-refractivity contribution in [3.8, 4) is 0 Å². The summed E-state index contributed by atoms with van der Waals surface area (Å²) >= 11 is 1.60. The third kappa shape index (κ3) is 3.95. The van der Waals surface area contributed by atoms with Gasteiger partial charge in [-0.3, -0.25) is 4.98 Å². The van der Waals surface area contributed by atoms with E-state index in [0.29, 0.717) is 0 Å². The molecule has 2 rings (SSSR count). The zero-order valence-electron chi connectivity index (χ0n) is 11.3. The number of benzene rings is 1. The number of aromatic nitrogens is 1. The predicted molar refractivity (Wildman–Crippen MR) is 82.2 cm³/mol. The summed E-state index contributed by atoms with van der Waals surface area (Å²) in [6, 6.07) is 8.52. The van der Waals surface area contributed by atoms with Crippen LogP contribution in [0.2, 0.25) is 0 Å². The van der Waals surface area contributed by atoms with E-state index in [4.69, 9.17) is 5.73 Å². The van der Waals surface area contributed by atoms with Crippen molar-refractivity contribution in [1.29, 1.82) is 0 Å². The molecule has 1 aromatic heterocycles. The Morgan fingerprint density at radius 3 is 2.95 bits per heavy atom. The van der Waals surface area contributed by atoms with Crippen LogP contribution in [0.3, 0.4) is 0 Å². The quantitative estimate of drug-likeness (QED) is 0.802. The van der Waals surface area contributed by atoms with Gasteiger partial charge in [-0.15, -0.1) is 11.8 Å². The number of rotatable bonds is 6. The monoisotopic (exact) mass is 291 g/mol. The number of thioether (sulfide) groups is 1. The summed E-state index contributed by atoms with van der Waals surface area (Å²) in [5.41, 5.74) is 7.71. The van der Waals surface area contributed by atoms with Gasteiger partial charge in [0.05, 0.1) is 0 Å². The van der Waals surface area contributed by atoms with Crippen LogP contribution >= 0.6 is 11.8 Å². The molecule has 2 aromatic rings. The zero-order valence-corrected chi connectivity index (χ0v) is 12.2. The van der Waals surface area contributed by atoms with Crippen LogP contribution in [0, 0.1) is 5.82 Å². The first-order valence-corrected chi connectivity index (χ1v) is 7.50. The Hall–Kier alpha value is -1.59. The van der Waals surface area contributed by atoms with Gasteiger partial charge in [-0.05, 0) is 30.8 Å². The van der Waals surface area contributed by atoms with Crippen molar-refractivity contribution in [3.05, 3.63) is 54.1 Å². The average Bonchev–Trinajstić information content (AvgIpc) is 2.44. The third-order valence-corrected chi connectivity index (χ3v) is 4.01. The topological polar surface area (TPSA) is 50.9 Å². The van der Waals surface area contributed by atoms with Gasteiger partial charge in [0, 0.05) is 40.3 Å². The number of hydrogen-bond donors (Lipinski definition) is 2. The Labute approximate surface area is 122 Å². The standard InChI is InChI=1S/C15H18FN3S/c1-2-19-15(13-9-18-7-6-14(13)17)10-20-12-5-3-4-11(16)8-12/h3-9,15,19H,2,10H2,1H3,(H2,17,18). The molecule has 0 saturated heterocycles. The van der Waals surface area contributed by atoms with Crippen molar-refractivity contribution >= 4 is 17.4 Å². The summed E-state index contributed by atoms with van der Waals surface area (Å²) in [5.74, 6) is 0.559. The minimum absolute atomic E-state index is 0.0990. The molecule has 20 heavy (non-hydrogen) atoms. The van der Waals surface area contributed by atoms with E-state index in [1.165, 1.54) is 6.07 Å². The van der Waals surface area contributed by atoms with E-state index in [2.05, 4.69) is 10.3 Å². The second-order valence-electron chi connectivity index (χ2n) is 4.38. The lowest BCUT2D eigenvalue weighted by Gasteiger charge is -2.19. The van der Waals surface area contributed by atoms with Crippen LogP contribution in [-0.4, -0.2) is 17.3 Å². The van der Waals surface area contributed by atoms with E-state index >= 15 is 0 Å². The first-order valence-electron chi connectivity index (χ1n) is 6.52. The Morgan fingerprint density at radius 2 is 2.25 bits per heavy atom. The number of nitrogens with two attached hydrogens (primary N) is 1. The van der Waals surface area contributed by atoms with Crippen molar-refractivity contribution in [1.82, 2.24) is 10.3 Å². The molecule has 3 N–H and O–H groups in total. The van der Waals surface area contributed by atoms with E-state index in [-0.39, 0.29) is 11.9 Å². The lowest BCUT2D eigenvalue weighted by Crippen LogP contribution is -2.24. The molecular formula is C15H18FN3S. The van der Waals surface area contributed by atoms with Gasteiger partial charge in [-0.25, -0.2) is 4.39 Å². The van der Waals surface area contributed by atoms with Gasteiger partial charge in [0.15, 0.2) is 0 Å². The predicted octanol–water partition coefficient (Wildman–Crippen LogP) is 3.25. The number of nitrogens with zero attached hydrogens (tertiary/aromatic N) is 1.